The highest BCUT2D eigenvalue weighted by molar-refractivity contribution is 7.89. The molecule has 2 aromatic rings. The lowest BCUT2D eigenvalue weighted by molar-refractivity contribution is 0.553. The summed E-state index contributed by atoms with van der Waals surface area (Å²) in [6.45, 7) is 0.554. The van der Waals surface area contributed by atoms with Crippen LogP contribution in [-0.2, 0) is 16.6 Å². The lowest BCUT2D eigenvalue weighted by Crippen LogP contribution is -2.27. The van der Waals surface area contributed by atoms with Crippen LogP contribution in [0.3, 0.4) is 0 Å². The number of halogens is 1. The van der Waals surface area contributed by atoms with Gasteiger partial charge in [0.2, 0.25) is 10.0 Å². The molecule has 0 amide bonds. The number of hydrogen-bond acceptors (Lipinski definition) is 5. The van der Waals surface area contributed by atoms with E-state index in [1.165, 1.54) is 29.1 Å². The SMILES string of the molecule is NC(=S)c1ccc(S(=O)(=O)NCCn2ccnn2)cc1Cl. The van der Waals surface area contributed by atoms with Gasteiger partial charge in [0, 0.05) is 18.3 Å². The van der Waals surface area contributed by atoms with E-state index in [9.17, 15) is 8.42 Å². The molecule has 0 unspecified atom stereocenters. The predicted molar refractivity (Wildman–Crippen MR) is 82.5 cm³/mol. The van der Waals surface area contributed by atoms with Crippen molar-refractivity contribution in [2.24, 2.45) is 5.73 Å². The Morgan fingerprint density at radius 3 is 2.81 bits per heavy atom. The first-order chi connectivity index (χ1) is 9.90. The molecule has 10 heteroatoms. The lowest BCUT2D eigenvalue weighted by Gasteiger charge is -2.08. The van der Waals surface area contributed by atoms with E-state index in [-0.39, 0.29) is 21.5 Å². The highest BCUT2D eigenvalue weighted by Gasteiger charge is 2.15. The number of aromatic nitrogens is 3. The summed E-state index contributed by atoms with van der Waals surface area (Å²) in [5.41, 5.74) is 5.91. The first kappa shape index (κ1) is 15.8. The molecule has 0 atom stereocenters. The number of nitrogens with one attached hydrogen (secondary N) is 1. The Balaban J connectivity index is 2.08. The molecule has 0 bridgehead atoms. The summed E-state index contributed by atoms with van der Waals surface area (Å²) >= 11 is 10.8. The third-order valence-electron chi connectivity index (χ3n) is 2.62. The van der Waals surface area contributed by atoms with Gasteiger partial charge in [-0.1, -0.05) is 29.0 Å². The van der Waals surface area contributed by atoms with Gasteiger partial charge in [0.1, 0.15) is 4.99 Å². The number of benzene rings is 1. The van der Waals surface area contributed by atoms with Crippen LogP contribution in [0.25, 0.3) is 0 Å². The normalized spacial score (nSPS) is 11.5. The first-order valence-electron chi connectivity index (χ1n) is 5.83. The van der Waals surface area contributed by atoms with Crippen LogP contribution in [0.2, 0.25) is 5.02 Å². The molecule has 2 rings (SSSR count). The average molecular weight is 346 g/mol. The van der Waals surface area contributed by atoms with Gasteiger partial charge in [-0.25, -0.2) is 13.1 Å². The van der Waals surface area contributed by atoms with Gasteiger partial charge in [0.25, 0.3) is 0 Å². The van der Waals surface area contributed by atoms with Gasteiger partial charge < -0.3 is 5.73 Å². The second-order valence-electron chi connectivity index (χ2n) is 4.07. The van der Waals surface area contributed by atoms with Gasteiger partial charge in [0.15, 0.2) is 0 Å². The van der Waals surface area contributed by atoms with Crippen molar-refractivity contribution >= 4 is 38.8 Å². The molecule has 0 fully saturated rings. The third-order valence-corrected chi connectivity index (χ3v) is 4.61. The molecule has 0 saturated heterocycles. The fourth-order valence-electron chi connectivity index (χ4n) is 1.59. The first-order valence-corrected chi connectivity index (χ1v) is 8.10. The monoisotopic (exact) mass is 345 g/mol. The minimum Gasteiger partial charge on any atom is -0.389 e. The molecule has 1 aromatic heterocycles. The van der Waals surface area contributed by atoms with Crippen molar-refractivity contribution in [1.82, 2.24) is 19.7 Å². The molecule has 3 N–H and O–H groups in total. The number of thiocarbonyl (C=S) groups is 1. The Hall–Kier alpha value is -1.55. The molecular weight excluding hydrogens is 334 g/mol. The van der Waals surface area contributed by atoms with Crippen LogP contribution in [0.1, 0.15) is 5.56 Å². The average Bonchev–Trinajstić information content (AvgIpc) is 2.91. The zero-order valence-electron chi connectivity index (χ0n) is 10.7. The Labute approximate surface area is 132 Å². The third kappa shape index (κ3) is 3.97. The maximum Gasteiger partial charge on any atom is 0.240 e. The zero-order chi connectivity index (χ0) is 15.5. The van der Waals surface area contributed by atoms with Gasteiger partial charge >= 0.3 is 0 Å². The number of rotatable bonds is 6. The van der Waals surface area contributed by atoms with E-state index in [0.717, 1.165) is 0 Å². The van der Waals surface area contributed by atoms with E-state index in [4.69, 9.17) is 29.6 Å². The van der Waals surface area contributed by atoms with E-state index in [1.807, 2.05) is 0 Å². The van der Waals surface area contributed by atoms with Crippen molar-refractivity contribution in [3.05, 3.63) is 41.2 Å². The molecule has 0 aliphatic heterocycles. The lowest BCUT2D eigenvalue weighted by atomic mass is 10.2. The Kier molecular flexibility index (Phi) is 4.88. The number of nitrogens with two attached hydrogens (primary N) is 1. The second kappa shape index (κ2) is 6.48. The number of nitrogens with zero attached hydrogens (tertiary/aromatic N) is 3. The van der Waals surface area contributed by atoms with E-state index >= 15 is 0 Å². The molecule has 0 saturated carbocycles. The van der Waals surface area contributed by atoms with Crippen LogP contribution in [0.15, 0.2) is 35.5 Å². The predicted octanol–water partition coefficient (Wildman–Crippen LogP) is 0.544. The molecule has 7 nitrogen and oxygen atoms in total. The van der Waals surface area contributed by atoms with Gasteiger partial charge in [-0.3, -0.25) is 4.68 Å². The van der Waals surface area contributed by atoms with Crippen LogP contribution < -0.4 is 10.5 Å². The largest absolute Gasteiger partial charge is 0.389 e. The fraction of sp³-hybridized carbons (Fsp3) is 0.182. The number of sulfonamides is 1. The van der Waals surface area contributed by atoms with Crippen molar-refractivity contribution in [2.45, 2.75) is 11.4 Å². The topological polar surface area (TPSA) is 103 Å². The molecule has 0 aliphatic rings. The van der Waals surface area contributed by atoms with Gasteiger partial charge in [0.05, 0.1) is 22.7 Å². The van der Waals surface area contributed by atoms with Gasteiger partial charge in [-0.15, -0.1) is 5.10 Å². The van der Waals surface area contributed by atoms with Crippen LogP contribution in [-0.4, -0.2) is 34.9 Å². The fourth-order valence-corrected chi connectivity index (χ4v) is 3.22. The summed E-state index contributed by atoms with van der Waals surface area (Å²) in [6.07, 6.45) is 3.16. The van der Waals surface area contributed by atoms with E-state index in [2.05, 4.69) is 15.0 Å². The Bertz CT molecular complexity index is 746. The van der Waals surface area contributed by atoms with Crippen molar-refractivity contribution < 1.29 is 8.42 Å². The smallest absolute Gasteiger partial charge is 0.240 e. The Morgan fingerprint density at radius 1 is 1.48 bits per heavy atom. The van der Waals surface area contributed by atoms with Crippen molar-refractivity contribution in [3.8, 4) is 0 Å². The molecule has 112 valence electrons. The van der Waals surface area contributed by atoms with Gasteiger partial charge in [-0.05, 0) is 18.2 Å². The summed E-state index contributed by atoms with van der Waals surface area (Å²) in [7, 11) is -3.66. The number of hydrogen-bond donors (Lipinski definition) is 2. The molecule has 21 heavy (non-hydrogen) atoms. The summed E-state index contributed by atoms with van der Waals surface area (Å²) in [5, 5.41) is 7.56. The van der Waals surface area contributed by atoms with E-state index in [0.29, 0.717) is 12.1 Å². The second-order valence-corrected chi connectivity index (χ2v) is 6.68. The minimum atomic E-state index is -3.66. The summed E-state index contributed by atoms with van der Waals surface area (Å²) in [5.74, 6) is 0. The molecule has 0 spiro atoms. The van der Waals surface area contributed by atoms with Crippen LogP contribution in [0.4, 0.5) is 0 Å². The Morgan fingerprint density at radius 2 is 2.24 bits per heavy atom. The maximum absolute atomic E-state index is 12.1. The molecular formula is C11H12ClN5O2S2. The van der Waals surface area contributed by atoms with Crippen molar-refractivity contribution in [2.75, 3.05) is 6.54 Å². The molecule has 0 aliphatic carbocycles. The summed E-state index contributed by atoms with van der Waals surface area (Å²) in [4.78, 5) is 0.161. The minimum absolute atomic E-state index is 0.0473. The quantitative estimate of drug-likeness (QED) is 0.741. The highest BCUT2D eigenvalue weighted by atomic mass is 35.5. The van der Waals surface area contributed by atoms with Crippen LogP contribution >= 0.6 is 23.8 Å². The van der Waals surface area contributed by atoms with E-state index in [1.54, 1.807) is 6.20 Å². The van der Waals surface area contributed by atoms with Crippen molar-refractivity contribution in [1.29, 1.82) is 0 Å². The van der Waals surface area contributed by atoms with Crippen LogP contribution in [0.5, 0.6) is 0 Å². The summed E-state index contributed by atoms with van der Waals surface area (Å²) in [6, 6.07) is 4.20. The molecule has 0 radical (unpaired) electrons. The standard InChI is InChI=1S/C11H12ClN5O2S2/c12-10-7-8(1-2-9(10)11(13)20)21(18,19)15-4-6-17-5-3-14-16-17/h1-3,5,7,15H,4,6H2,(H2,13,20). The van der Waals surface area contributed by atoms with Crippen LogP contribution in [0, 0.1) is 0 Å². The maximum atomic E-state index is 12.1. The summed E-state index contributed by atoms with van der Waals surface area (Å²) < 4.78 is 28.2. The zero-order valence-corrected chi connectivity index (χ0v) is 13.1. The van der Waals surface area contributed by atoms with Crippen molar-refractivity contribution in [3.63, 3.8) is 0 Å². The van der Waals surface area contributed by atoms with E-state index < -0.39 is 10.0 Å². The molecule has 1 aromatic carbocycles. The highest BCUT2D eigenvalue weighted by Crippen LogP contribution is 2.20. The van der Waals surface area contributed by atoms with Gasteiger partial charge in [-0.2, -0.15) is 0 Å². The molecule has 1 heterocycles.